The molecule has 2 aromatic rings. The van der Waals surface area contributed by atoms with E-state index in [0.29, 0.717) is 18.1 Å². The predicted octanol–water partition coefficient (Wildman–Crippen LogP) is 4.47. The van der Waals surface area contributed by atoms with Crippen LogP contribution in [0.1, 0.15) is 17.4 Å². The lowest BCUT2D eigenvalue weighted by molar-refractivity contribution is 0.482. The van der Waals surface area contributed by atoms with Crippen molar-refractivity contribution >= 4 is 68.0 Å². The second kappa shape index (κ2) is 12.9. The van der Waals surface area contributed by atoms with Crippen LogP contribution < -0.4 is 5.32 Å². The molecule has 8 heteroatoms. The molecule has 0 spiro atoms. The Balaban J connectivity index is 0.00000338. The van der Waals surface area contributed by atoms with Gasteiger partial charge in [-0.15, -0.1) is 35.3 Å². The summed E-state index contributed by atoms with van der Waals surface area (Å²) in [5, 5.41) is 3.30. The monoisotopic (exact) mass is 569 g/mol. The van der Waals surface area contributed by atoms with Crippen molar-refractivity contribution in [3.8, 4) is 0 Å². The number of guanidine groups is 1. The van der Waals surface area contributed by atoms with Gasteiger partial charge in [-0.2, -0.15) is 0 Å². The third kappa shape index (κ3) is 8.49. The third-order valence-electron chi connectivity index (χ3n) is 3.47. The molecule has 0 aliphatic heterocycles. The summed E-state index contributed by atoms with van der Waals surface area (Å²) in [6, 6.07) is 14.1. The van der Waals surface area contributed by atoms with Crippen molar-refractivity contribution < 1.29 is 4.21 Å². The molecule has 1 aromatic heterocycles. The molecule has 0 amide bonds. The Hall–Kier alpha value is -0.450. The van der Waals surface area contributed by atoms with Gasteiger partial charge in [0.05, 0.1) is 16.9 Å². The lowest BCUT2D eigenvalue weighted by Crippen LogP contribution is -2.38. The van der Waals surface area contributed by atoms with Gasteiger partial charge in [0.25, 0.3) is 0 Å². The fourth-order valence-corrected chi connectivity index (χ4v) is 4.84. The zero-order chi connectivity index (χ0) is 18.1. The predicted molar refractivity (Wildman–Crippen MR) is 128 cm³/mol. The zero-order valence-electron chi connectivity index (χ0n) is 15.0. The number of halogens is 2. The van der Waals surface area contributed by atoms with Crippen LogP contribution in [0.3, 0.4) is 0 Å². The highest BCUT2D eigenvalue weighted by atomic mass is 127. The average Bonchev–Trinajstić information content (AvgIpc) is 2.99. The topological polar surface area (TPSA) is 44.7 Å². The van der Waals surface area contributed by atoms with Crippen LogP contribution in [0.25, 0.3) is 0 Å². The van der Waals surface area contributed by atoms with Gasteiger partial charge in [0.2, 0.25) is 0 Å². The average molecular weight is 570 g/mol. The van der Waals surface area contributed by atoms with E-state index < -0.39 is 10.8 Å². The van der Waals surface area contributed by atoms with Crippen molar-refractivity contribution in [1.82, 2.24) is 10.2 Å². The van der Waals surface area contributed by atoms with Crippen molar-refractivity contribution in [3.63, 3.8) is 0 Å². The number of rotatable bonds is 8. The van der Waals surface area contributed by atoms with Gasteiger partial charge >= 0.3 is 0 Å². The van der Waals surface area contributed by atoms with Crippen LogP contribution in [0.15, 0.2) is 51.2 Å². The summed E-state index contributed by atoms with van der Waals surface area (Å²) < 4.78 is 13.4. The Morgan fingerprint density at radius 2 is 2.00 bits per heavy atom. The second-order valence-corrected chi connectivity index (χ2v) is 9.70. The summed E-state index contributed by atoms with van der Waals surface area (Å²) in [7, 11) is 1.13. The van der Waals surface area contributed by atoms with Crippen molar-refractivity contribution in [1.29, 1.82) is 0 Å². The van der Waals surface area contributed by atoms with Gasteiger partial charge < -0.3 is 10.2 Å². The molecule has 1 heterocycles. The molecule has 0 fully saturated rings. The van der Waals surface area contributed by atoms with Crippen LogP contribution in [-0.2, 0) is 23.1 Å². The van der Waals surface area contributed by atoms with Gasteiger partial charge in [-0.25, -0.2) is 0 Å². The summed E-state index contributed by atoms with van der Waals surface area (Å²) >= 11 is 5.22. The number of hydrogen-bond acceptors (Lipinski definition) is 3. The van der Waals surface area contributed by atoms with Crippen LogP contribution in [0, 0.1) is 0 Å². The molecule has 1 N–H and O–H groups in total. The molecule has 2 rings (SSSR count). The summed E-state index contributed by atoms with van der Waals surface area (Å²) in [4.78, 5) is 8.00. The van der Waals surface area contributed by atoms with Gasteiger partial charge in [0, 0.05) is 40.8 Å². The van der Waals surface area contributed by atoms with Gasteiger partial charge in [-0.3, -0.25) is 9.20 Å². The fourth-order valence-electron chi connectivity index (χ4n) is 2.30. The van der Waals surface area contributed by atoms with Crippen LogP contribution >= 0.6 is 51.2 Å². The molecule has 1 aromatic carbocycles. The third-order valence-corrected chi connectivity index (χ3v) is 6.37. The van der Waals surface area contributed by atoms with Gasteiger partial charge in [0.15, 0.2) is 5.96 Å². The number of aliphatic imine (C=N–C) groups is 1. The molecular weight excluding hydrogens is 545 g/mol. The maximum Gasteiger partial charge on any atom is 0.194 e. The number of benzene rings is 1. The lowest BCUT2D eigenvalue weighted by Gasteiger charge is -2.21. The first-order valence-electron chi connectivity index (χ1n) is 8.21. The SMILES string of the molecule is CCNC(=NCCS(=O)Cc1ccccc1)N(C)Cc1ccc(Br)s1.I. The number of nitrogens with zero attached hydrogens (tertiary/aromatic N) is 2. The smallest absolute Gasteiger partial charge is 0.194 e. The van der Waals surface area contributed by atoms with Gasteiger partial charge in [-0.1, -0.05) is 30.3 Å². The summed E-state index contributed by atoms with van der Waals surface area (Å²) in [6.45, 7) is 4.22. The van der Waals surface area contributed by atoms with E-state index in [4.69, 9.17) is 0 Å². The minimum absolute atomic E-state index is 0. The highest BCUT2D eigenvalue weighted by Gasteiger charge is 2.08. The van der Waals surface area contributed by atoms with E-state index in [2.05, 4.69) is 50.2 Å². The first-order valence-corrected chi connectivity index (χ1v) is 11.3. The number of nitrogens with one attached hydrogen (secondary N) is 1. The van der Waals surface area contributed by atoms with Crippen LogP contribution in [0.2, 0.25) is 0 Å². The van der Waals surface area contributed by atoms with Crippen molar-refractivity contribution in [2.24, 2.45) is 4.99 Å². The van der Waals surface area contributed by atoms with E-state index in [-0.39, 0.29) is 24.0 Å². The molecule has 4 nitrogen and oxygen atoms in total. The first-order chi connectivity index (χ1) is 12.1. The molecule has 144 valence electrons. The normalized spacial score (nSPS) is 12.3. The number of thiophene rings is 1. The Labute approximate surface area is 188 Å². The lowest BCUT2D eigenvalue weighted by atomic mass is 10.2. The van der Waals surface area contributed by atoms with Gasteiger partial charge in [0.1, 0.15) is 0 Å². The quantitative estimate of drug-likeness (QED) is 0.290. The Kier molecular flexibility index (Phi) is 11.7. The van der Waals surface area contributed by atoms with Gasteiger partial charge in [-0.05, 0) is 40.5 Å². The molecule has 0 saturated heterocycles. The molecule has 0 radical (unpaired) electrons. The molecule has 0 aliphatic rings. The van der Waals surface area contributed by atoms with E-state index in [1.54, 1.807) is 11.3 Å². The summed E-state index contributed by atoms with van der Waals surface area (Å²) in [5.74, 6) is 2.01. The Bertz CT molecular complexity index is 709. The zero-order valence-corrected chi connectivity index (χ0v) is 20.5. The first kappa shape index (κ1) is 23.6. The van der Waals surface area contributed by atoms with E-state index in [0.717, 1.165) is 28.4 Å². The largest absolute Gasteiger partial charge is 0.357 e. The molecule has 0 aliphatic carbocycles. The maximum atomic E-state index is 12.2. The molecule has 26 heavy (non-hydrogen) atoms. The summed E-state index contributed by atoms with van der Waals surface area (Å²) in [5.41, 5.74) is 1.11. The highest BCUT2D eigenvalue weighted by molar-refractivity contribution is 14.0. The van der Waals surface area contributed by atoms with Crippen LogP contribution in [0.4, 0.5) is 0 Å². The maximum absolute atomic E-state index is 12.2. The number of hydrogen-bond donors (Lipinski definition) is 1. The van der Waals surface area contributed by atoms with Crippen molar-refractivity contribution in [2.45, 2.75) is 19.2 Å². The second-order valence-electron chi connectivity index (χ2n) is 5.57. The highest BCUT2D eigenvalue weighted by Crippen LogP contribution is 2.22. The van der Waals surface area contributed by atoms with E-state index in [9.17, 15) is 4.21 Å². The van der Waals surface area contributed by atoms with Crippen molar-refractivity contribution in [3.05, 3.63) is 56.7 Å². The molecule has 0 saturated carbocycles. The van der Waals surface area contributed by atoms with E-state index >= 15 is 0 Å². The Morgan fingerprint density at radius 3 is 2.62 bits per heavy atom. The Morgan fingerprint density at radius 1 is 1.27 bits per heavy atom. The molecule has 1 atom stereocenters. The standard InChI is InChI=1S/C18H24BrN3OS2.HI/c1-3-20-18(22(2)13-16-9-10-17(19)24-16)21-11-12-25(23)14-15-7-5-4-6-8-15;/h4-10H,3,11-14H2,1-2H3,(H,20,21);1H. The molecule has 1 unspecified atom stereocenters. The molecule has 0 bridgehead atoms. The molecular formula is C18H25BrIN3OS2. The van der Waals surface area contributed by atoms with E-state index in [1.165, 1.54) is 4.88 Å². The van der Waals surface area contributed by atoms with E-state index in [1.807, 2.05) is 37.4 Å². The summed E-state index contributed by atoms with van der Waals surface area (Å²) in [6.07, 6.45) is 0. The minimum Gasteiger partial charge on any atom is -0.357 e. The fraction of sp³-hybridized carbons (Fsp3) is 0.389. The van der Waals surface area contributed by atoms with Crippen molar-refractivity contribution in [2.75, 3.05) is 25.9 Å². The minimum atomic E-state index is -0.897. The van der Waals surface area contributed by atoms with Crippen LogP contribution in [-0.4, -0.2) is 41.0 Å². The van der Waals surface area contributed by atoms with Crippen LogP contribution in [0.5, 0.6) is 0 Å².